The Bertz CT molecular complexity index is 731. The van der Waals surface area contributed by atoms with Gasteiger partial charge in [-0.05, 0) is 42.7 Å². The number of aromatic nitrogens is 1. The summed E-state index contributed by atoms with van der Waals surface area (Å²) in [6, 6.07) is 4.66. The van der Waals surface area contributed by atoms with Crippen molar-refractivity contribution in [3.8, 4) is 0 Å². The summed E-state index contributed by atoms with van der Waals surface area (Å²) >= 11 is 0. The summed E-state index contributed by atoms with van der Waals surface area (Å²) in [6.07, 6.45) is 7.16. The van der Waals surface area contributed by atoms with Crippen LogP contribution in [-0.2, 0) is 4.79 Å². The van der Waals surface area contributed by atoms with Gasteiger partial charge in [0.15, 0.2) is 0 Å². The third-order valence-corrected chi connectivity index (χ3v) is 4.91. The summed E-state index contributed by atoms with van der Waals surface area (Å²) in [4.78, 5) is 24.9. The summed E-state index contributed by atoms with van der Waals surface area (Å²) in [5, 5.41) is 23.0. The number of aromatic amines is 1. The number of nitrogens with one attached hydrogen (secondary N) is 1. The fraction of sp³-hybridized carbons (Fsp3) is 0.471. The van der Waals surface area contributed by atoms with Crippen molar-refractivity contribution in [2.24, 2.45) is 5.92 Å². The number of rotatable bonds is 5. The number of carbonyl (C=O) groups is 1. The molecule has 1 atom stereocenters. The van der Waals surface area contributed by atoms with Gasteiger partial charge in [-0.1, -0.05) is 19.3 Å². The van der Waals surface area contributed by atoms with E-state index in [1.807, 2.05) is 0 Å². The third-order valence-electron chi connectivity index (χ3n) is 4.91. The Morgan fingerprint density at radius 2 is 2.04 bits per heavy atom. The van der Waals surface area contributed by atoms with E-state index >= 15 is 0 Å². The minimum Gasteiger partial charge on any atom is -0.550 e. The monoisotopic (exact) mass is 315 g/mol. The highest BCUT2D eigenvalue weighted by Gasteiger charge is 2.27. The van der Waals surface area contributed by atoms with Crippen molar-refractivity contribution in [2.45, 2.75) is 44.4 Å². The topological polar surface area (TPSA) is 99.1 Å². The number of nitro groups is 1. The molecule has 0 amide bonds. The standard InChI is InChI=1S/C17H20N2O4/c20-17(21)9-13(11-4-2-1-3-5-11)15-10-18-16-7-6-12(19(22)23)8-14(15)16/h6-8,10-11,13,18H,1-5,9H2,(H,20,21)/p-1/t13-/m0/s1. The molecule has 2 aromatic rings. The Balaban J connectivity index is 2.03. The summed E-state index contributed by atoms with van der Waals surface area (Å²) < 4.78 is 0. The molecule has 0 saturated heterocycles. The van der Waals surface area contributed by atoms with Crippen LogP contribution in [0.5, 0.6) is 0 Å². The lowest BCUT2D eigenvalue weighted by Crippen LogP contribution is -2.28. The Morgan fingerprint density at radius 1 is 1.30 bits per heavy atom. The van der Waals surface area contributed by atoms with Gasteiger partial charge in [-0.15, -0.1) is 0 Å². The Kier molecular flexibility index (Phi) is 4.32. The molecule has 6 nitrogen and oxygen atoms in total. The quantitative estimate of drug-likeness (QED) is 0.677. The number of hydrogen-bond donors (Lipinski definition) is 1. The number of H-pyrrole nitrogens is 1. The molecule has 6 heteroatoms. The number of benzene rings is 1. The highest BCUT2D eigenvalue weighted by molar-refractivity contribution is 5.86. The maximum absolute atomic E-state index is 11.2. The molecule has 122 valence electrons. The van der Waals surface area contributed by atoms with E-state index in [-0.39, 0.29) is 18.0 Å². The zero-order valence-electron chi connectivity index (χ0n) is 12.8. The molecule has 1 fully saturated rings. The molecule has 1 aliphatic rings. The Morgan fingerprint density at radius 3 is 2.70 bits per heavy atom. The minimum absolute atomic E-state index is 0.0224. The van der Waals surface area contributed by atoms with E-state index in [4.69, 9.17) is 0 Å². The zero-order chi connectivity index (χ0) is 16.4. The van der Waals surface area contributed by atoms with Crippen LogP contribution in [0.3, 0.4) is 0 Å². The predicted molar refractivity (Wildman–Crippen MR) is 83.9 cm³/mol. The SMILES string of the molecule is O=C([O-])C[C@H](c1c[nH]c2ccc([N+](=O)[O-])cc12)C1CCCCC1. The predicted octanol–water partition coefficient (Wildman–Crippen LogP) is 2.88. The largest absolute Gasteiger partial charge is 0.550 e. The maximum Gasteiger partial charge on any atom is 0.270 e. The first-order valence-corrected chi connectivity index (χ1v) is 8.01. The first-order valence-electron chi connectivity index (χ1n) is 8.01. The van der Waals surface area contributed by atoms with Crippen LogP contribution in [0.25, 0.3) is 10.9 Å². The number of non-ortho nitro benzene ring substituents is 1. The summed E-state index contributed by atoms with van der Waals surface area (Å²) in [6.45, 7) is 0. The van der Waals surface area contributed by atoms with Gasteiger partial charge in [0.1, 0.15) is 0 Å². The van der Waals surface area contributed by atoms with Gasteiger partial charge in [-0.2, -0.15) is 0 Å². The molecule has 1 aromatic carbocycles. The van der Waals surface area contributed by atoms with E-state index in [1.54, 1.807) is 12.3 Å². The molecule has 3 rings (SSSR count). The van der Waals surface area contributed by atoms with Gasteiger partial charge in [-0.25, -0.2) is 0 Å². The second-order valence-electron chi connectivity index (χ2n) is 6.31. The summed E-state index contributed by atoms with van der Waals surface area (Å²) in [5.74, 6) is -0.934. The number of fused-ring (bicyclic) bond motifs is 1. The number of aliphatic carboxylic acids is 1. The number of nitro benzene ring substituents is 1. The van der Waals surface area contributed by atoms with E-state index in [1.165, 1.54) is 18.6 Å². The lowest BCUT2D eigenvalue weighted by atomic mass is 9.75. The van der Waals surface area contributed by atoms with Crippen molar-refractivity contribution in [1.29, 1.82) is 0 Å². The molecule has 1 heterocycles. The molecule has 1 aromatic heterocycles. The summed E-state index contributed by atoms with van der Waals surface area (Å²) in [7, 11) is 0. The van der Waals surface area contributed by atoms with Crippen molar-refractivity contribution in [2.75, 3.05) is 0 Å². The van der Waals surface area contributed by atoms with E-state index < -0.39 is 10.9 Å². The van der Waals surface area contributed by atoms with Gasteiger partial charge in [0, 0.05) is 35.2 Å². The van der Waals surface area contributed by atoms with Crippen LogP contribution in [0.2, 0.25) is 0 Å². The number of carboxylic acids is 1. The van der Waals surface area contributed by atoms with Crippen LogP contribution in [0.4, 0.5) is 5.69 Å². The average Bonchev–Trinajstić information content (AvgIpc) is 2.96. The molecule has 0 aliphatic heterocycles. The second kappa shape index (κ2) is 6.40. The number of carboxylic acid groups (broad SMARTS) is 1. The molecular formula is C17H19N2O4-. The van der Waals surface area contributed by atoms with Crippen LogP contribution in [-0.4, -0.2) is 15.9 Å². The van der Waals surface area contributed by atoms with Crippen molar-refractivity contribution in [3.63, 3.8) is 0 Å². The van der Waals surface area contributed by atoms with Gasteiger partial charge in [0.2, 0.25) is 0 Å². The van der Waals surface area contributed by atoms with Crippen molar-refractivity contribution in [1.82, 2.24) is 4.98 Å². The first kappa shape index (κ1) is 15.5. The average molecular weight is 315 g/mol. The van der Waals surface area contributed by atoms with Gasteiger partial charge >= 0.3 is 0 Å². The molecule has 0 bridgehead atoms. The van der Waals surface area contributed by atoms with Crippen LogP contribution in [0, 0.1) is 16.0 Å². The molecule has 23 heavy (non-hydrogen) atoms. The Hall–Kier alpha value is -2.37. The lowest BCUT2D eigenvalue weighted by molar-refractivity contribution is -0.384. The van der Waals surface area contributed by atoms with E-state index in [2.05, 4.69) is 4.98 Å². The molecule has 1 aliphatic carbocycles. The highest BCUT2D eigenvalue weighted by Crippen LogP contribution is 2.41. The summed E-state index contributed by atoms with van der Waals surface area (Å²) in [5.41, 5.74) is 1.68. The molecular weight excluding hydrogens is 296 g/mol. The number of nitrogens with zero attached hydrogens (tertiary/aromatic N) is 1. The Labute approximate surface area is 133 Å². The first-order chi connectivity index (χ1) is 11.1. The fourth-order valence-corrected chi connectivity index (χ4v) is 3.80. The highest BCUT2D eigenvalue weighted by atomic mass is 16.6. The lowest BCUT2D eigenvalue weighted by Gasteiger charge is -2.30. The molecule has 1 saturated carbocycles. The van der Waals surface area contributed by atoms with Gasteiger partial charge in [-0.3, -0.25) is 10.1 Å². The number of hydrogen-bond acceptors (Lipinski definition) is 4. The second-order valence-corrected chi connectivity index (χ2v) is 6.31. The normalized spacial score (nSPS) is 17.2. The van der Waals surface area contributed by atoms with Crippen LogP contribution in [0.15, 0.2) is 24.4 Å². The van der Waals surface area contributed by atoms with Crippen LogP contribution >= 0.6 is 0 Å². The van der Waals surface area contributed by atoms with Gasteiger partial charge in [0.05, 0.1) is 4.92 Å². The smallest absolute Gasteiger partial charge is 0.270 e. The fourth-order valence-electron chi connectivity index (χ4n) is 3.80. The van der Waals surface area contributed by atoms with E-state index in [9.17, 15) is 20.0 Å². The van der Waals surface area contributed by atoms with Crippen LogP contribution in [0.1, 0.15) is 50.0 Å². The number of carbonyl (C=O) groups excluding carboxylic acids is 1. The van der Waals surface area contributed by atoms with E-state index in [0.717, 1.165) is 42.1 Å². The molecule has 0 radical (unpaired) electrons. The molecule has 0 spiro atoms. The van der Waals surface area contributed by atoms with Gasteiger partial charge < -0.3 is 14.9 Å². The molecule has 0 unspecified atom stereocenters. The van der Waals surface area contributed by atoms with Crippen molar-refractivity contribution < 1.29 is 14.8 Å². The third kappa shape index (κ3) is 3.21. The van der Waals surface area contributed by atoms with Crippen molar-refractivity contribution in [3.05, 3.63) is 40.1 Å². The zero-order valence-corrected chi connectivity index (χ0v) is 12.8. The van der Waals surface area contributed by atoms with Crippen LogP contribution < -0.4 is 5.11 Å². The van der Waals surface area contributed by atoms with Crippen molar-refractivity contribution >= 4 is 22.6 Å². The van der Waals surface area contributed by atoms with E-state index in [0.29, 0.717) is 5.92 Å². The molecule has 1 N–H and O–H groups in total. The minimum atomic E-state index is -1.07. The maximum atomic E-state index is 11.2. The van der Waals surface area contributed by atoms with Gasteiger partial charge in [0.25, 0.3) is 5.69 Å².